The maximum atomic E-state index is 10.7. The number of pyridine rings is 3. The first-order valence-electron chi connectivity index (χ1n) is 45.9. The molecule has 25 aromatic rings. The van der Waals surface area contributed by atoms with E-state index in [1.807, 2.05) is 285 Å². The third kappa shape index (κ3) is 17.2. The lowest BCUT2D eigenvalue weighted by atomic mass is 9.96. The number of fused-ring (bicyclic) bond motifs is 9. The third-order valence-corrected chi connectivity index (χ3v) is 28.3. The molecule has 9 heterocycles. The summed E-state index contributed by atoms with van der Waals surface area (Å²) in [6, 6.07) is 156. The Morgan fingerprint density at radius 1 is 0.206 bits per heavy atom. The summed E-state index contributed by atoms with van der Waals surface area (Å²) >= 11 is 4.68. The SMILES string of the molecule is N#Cc1c(-c2cccc(-c3cccc(-c4nc(-c5ccccc5)nc(-c5ccccc5)n4)c3)c2)sc2c1c(-c1ccccc1)nc1ccccc12.[C-]#[N+]c1sc2c(-c3ccccc3)nc3ccccc3c2c1-c1ccc(-c2cc(-c3ccccc3)nc(-c3ccccc3)n2)cc1.[C-]#[N+]c1sc2c(-c3ccccc3)nc3ccccc3c2c1-c1cccc(-c2cc(-c3ccccc3)nc(-c3ccccc3)n2)c1. The van der Waals surface area contributed by atoms with Gasteiger partial charge in [0.25, 0.3) is 0 Å². The van der Waals surface area contributed by atoms with Crippen LogP contribution in [0.4, 0.5) is 10.0 Å². The molecule has 141 heavy (non-hydrogen) atoms. The fourth-order valence-corrected chi connectivity index (χ4v) is 21.7. The predicted molar refractivity (Wildman–Crippen MR) is 580 cm³/mol. The van der Waals surface area contributed by atoms with Gasteiger partial charge in [-0.2, -0.15) is 27.9 Å². The molecule has 0 radical (unpaired) electrons. The second-order valence-corrected chi connectivity index (χ2v) is 36.6. The first-order valence-corrected chi connectivity index (χ1v) is 48.4. The molecule has 9 aromatic heterocycles. The maximum Gasteiger partial charge on any atom is 0.250 e. The lowest BCUT2D eigenvalue weighted by Gasteiger charge is -2.12. The molecule has 16 aromatic carbocycles. The van der Waals surface area contributed by atoms with Crippen molar-refractivity contribution >= 4 is 107 Å². The summed E-state index contributed by atoms with van der Waals surface area (Å²) in [4.78, 5) is 58.9. The molecule has 25 rings (SSSR count). The number of hydrogen-bond acceptors (Lipinski definition) is 14. The van der Waals surface area contributed by atoms with Gasteiger partial charge in [0.15, 0.2) is 29.1 Å². The first kappa shape index (κ1) is 86.4. The van der Waals surface area contributed by atoms with Crippen LogP contribution in [0.1, 0.15) is 5.56 Å². The highest BCUT2D eigenvalue weighted by atomic mass is 32.1. The molecule has 0 unspecified atom stereocenters. The molecule has 0 spiro atoms. The van der Waals surface area contributed by atoms with Crippen LogP contribution in [0, 0.1) is 24.5 Å². The zero-order valence-electron chi connectivity index (χ0n) is 75.3. The molecule has 0 saturated heterocycles. The van der Waals surface area contributed by atoms with E-state index in [1.54, 1.807) is 11.3 Å². The van der Waals surface area contributed by atoms with Crippen LogP contribution in [0.3, 0.4) is 0 Å². The van der Waals surface area contributed by atoms with Gasteiger partial charge in [0.05, 0.1) is 80.0 Å². The number of aromatic nitrogens is 10. The standard InChI is InChI=1S/C45H27N5S.2C40H24N4S/c46-28-37-39-40(29-14-4-1-5-15-29)47-38-25-11-10-24-36(38)42(39)51-41(37)34-22-12-20-32(26-34)33-21-13-23-35(27-33)45-49-43(30-16-6-2-7-17-30)48-44(50-45)31-18-8-3-9-19-31;1-41-40-35(36-31-22-11-12-23-32(31)42-37(38(36)45-40)27-16-7-3-8-17-27)30-21-13-20-29(24-30)34-25-33(26-14-5-2-6-15-26)43-39(44-34)28-18-9-4-10-19-28;1-41-40-35(36-31-19-11-12-20-32(31)42-37(38(36)45-40)29-15-7-3-8-16-29)28-23-21-27(22-24-28)34-25-33(26-13-5-2-6-14-26)43-39(44-34)30-17-9-4-10-18-30/h1-27H;2*2-25H. The molecule has 0 bridgehead atoms. The van der Waals surface area contributed by atoms with Gasteiger partial charge in [-0.15, -0.1) is 11.3 Å². The molecule has 0 atom stereocenters. The summed E-state index contributed by atoms with van der Waals surface area (Å²) in [5, 5.41) is 18.2. The number of nitriles is 1. The number of benzene rings is 16. The second kappa shape index (κ2) is 38.6. The van der Waals surface area contributed by atoms with Crippen LogP contribution < -0.4 is 0 Å². The smallest absolute Gasteiger partial charge is 0.247 e. The van der Waals surface area contributed by atoms with Crippen LogP contribution in [0.15, 0.2) is 455 Å². The second-order valence-electron chi connectivity index (χ2n) is 33.6. The Labute approximate surface area is 824 Å². The van der Waals surface area contributed by atoms with Gasteiger partial charge < -0.3 is 0 Å². The van der Waals surface area contributed by atoms with Crippen molar-refractivity contribution in [3.05, 3.63) is 483 Å². The molecule has 0 aliphatic heterocycles. The van der Waals surface area contributed by atoms with E-state index >= 15 is 0 Å². The van der Waals surface area contributed by atoms with E-state index in [-0.39, 0.29) is 0 Å². The largest absolute Gasteiger partial charge is 0.250 e. The van der Waals surface area contributed by atoms with Crippen LogP contribution >= 0.6 is 34.0 Å². The highest BCUT2D eigenvalue weighted by Crippen LogP contribution is 2.54. The number of thiophene rings is 3. The van der Waals surface area contributed by atoms with Crippen molar-refractivity contribution in [3.63, 3.8) is 0 Å². The molecule has 0 aliphatic rings. The highest BCUT2D eigenvalue weighted by molar-refractivity contribution is 7.25. The lowest BCUT2D eigenvalue weighted by Crippen LogP contribution is -2.00. The van der Waals surface area contributed by atoms with Crippen molar-refractivity contribution in [2.24, 2.45) is 0 Å². The minimum Gasteiger partial charge on any atom is -0.247 e. The zero-order chi connectivity index (χ0) is 94.5. The van der Waals surface area contributed by atoms with Crippen molar-refractivity contribution < 1.29 is 0 Å². The minimum atomic E-state index is 0.602. The van der Waals surface area contributed by atoms with E-state index in [0.29, 0.717) is 44.7 Å². The van der Waals surface area contributed by atoms with Gasteiger partial charge in [0.1, 0.15) is 6.07 Å². The molecular formula is C125H75N13S3. The highest BCUT2D eigenvalue weighted by Gasteiger charge is 2.28. The van der Waals surface area contributed by atoms with Crippen LogP contribution in [0.25, 0.3) is 252 Å². The van der Waals surface area contributed by atoms with E-state index in [0.717, 1.165) is 213 Å². The van der Waals surface area contributed by atoms with E-state index in [9.17, 15) is 5.26 Å². The molecule has 0 fully saturated rings. The Hall–Kier alpha value is -18.7. The van der Waals surface area contributed by atoms with Gasteiger partial charge >= 0.3 is 0 Å². The van der Waals surface area contributed by atoms with Gasteiger partial charge in [-0.3, -0.25) is 0 Å². The monoisotopic (exact) mass is 1850 g/mol. The van der Waals surface area contributed by atoms with E-state index in [4.69, 9.17) is 63.0 Å². The zero-order valence-corrected chi connectivity index (χ0v) is 77.8. The van der Waals surface area contributed by atoms with Gasteiger partial charge in [-0.25, -0.2) is 59.5 Å². The van der Waals surface area contributed by atoms with Gasteiger partial charge in [0.2, 0.25) is 10.0 Å². The Balaban J connectivity index is 0.000000118. The summed E-state index contributed by atoms with van der Waals surface area (Å²) in [7, 11) is 0. The molecule has 658 valence electrons. The topological polar surface area (TPSA) is 161 Å². The van der Waals surface area contributed by atoms with Crippen molar-refractivity contribution in [2.75, 3.05) is 0 Å². The fourth-order valence-electron chi connectivity index (χ4n) is 18.2. The predicted octanol–water partition coefficient (Wildman–Crippen LogP) is 33.8. The minimum absolute atomic E-state index is 0.602. The maximum absolute atomic E-state index is 10.7. The molecule has 0 amide bonds. The fraction of sp³-hybridized carbons (Fsp3) is 0. The quantitative estimate of drug-likeness (QED) is 0.0847. The number of hydrogen-bond donors (Lipinski definition) is 0. The van der Waals surface area contributed by atoms with Crippen LogP contribution in [-0.2, 0) is 0 Å². The number of para-hydroxylation sites is 3. The number of nitrogens with zero attached hydrogens (tertiary/aromatic N) is 13. The summed E-state index contributed by atoms with van der Waals surface area (Å²) in [6.07, 6.45) is 0. The molecule has 13 nitrogen and oxygen atoms in total. The van der Waals surface area contributed by atoms with Crippen molar-refractivity contribution in [3.8, 4) is 186 Å². The third-order valence-electron chi connectivity index (χ3n) is 24.9. The first-order chi connectivity index (χ1) is 69.8. The van der Waals surface area contributed by atoms with Crippen molar-refractivity contribution in [1.82, 2.24) is 49.8 Å². The van der Waals surface area contributed by atoms with E-state index < -0.39 is 0 Å². The van der Waals surface area contributed by atoms with Crippen molar-refractivity contribution in [1.29, 1.82) is 5.26 Å². The Bertz CT molecular complexity index is 9000. The van der Waals surface area contributed by atoms with Gasteiger partial charge in [-0.05, 0) is 76.3 Å². The van der Waals surface area contributed by atoms with Crippen LogP contribution in [-0.4, -0.2) is 49.8 Å². The molecular weight excluding hydrogens is 1780 g/mol. The summed E-state index contributed by atoms with van der Waals surface area (Å²) in [6.45, 7) is 16.3. The van der Waals surface area contributed by atoms with Gasteiger partial charge in [0, 0.05) is 124 Å². The van der Waals surface area contributed by atoms with Crippen LogP contribution in [0.5, 0.6) is 0 Å². The summed E-state index contributed by atoms with van der Waals surface area (Å²) in [5.74, 6) is 3.20. The van der Waals surface area contributed by atoms with E-state index in [1.165, 1.54) is 22.7 Å². The molecule has 0 saturated carbocycles. The molecule has 0 aliphatic carbocycles. The average molecular weight is 1860 g/mol. The average Bonchev–Trinajstić information content (AvgIpc) is 1.60. The summed E-state index contributed by atoms with van der Waals surface area (Å²) < 4.78 is 3.11. The van der Waals surface area contributed by atoms with Crippen LogP contribution in [0.2, 0.25) is 0 Å². The molecule has 16 heteroatoms. The molecule has 0 N–H and O–H groups in total. The Kier molecular flexibility index (Phi) is 23.6. The number of rotatable bonds is 16. The Morgan fingerprint density at radius 2 is 0.489 bits per heavy atom. The van der Waals surface area contributed by atoms with E-state index in [2.05, 4.69) is 186 Å². The Morgan fingerprint density at radius 3 is 0.908 bits per heavy atom. The van der Waals surface area contributed by atoms with Crippen molar-refractivity contribution in [2.45, 2.75) is 0 Å². The summed E-state index contributed by atoms with van der Waals surface area (Å²) in [5.41, 5.74) is 28.0. The van der Waals surface area contributed by atoms with Gasteiger partial charge in [-0.1, -0.05) is 406 Å². The normalized spacial score (nSPS) is 11.1. The lowest BCUT2D eigenvalue weighted by molar-refractivity contribution is 1.07.